The normalized spacial score (nSPS) is 12.6. The lowest BCUT2D eigenvalue weighted by Gasteiger charge is -2.12. The molecule has 0 radical (unpaired) electrons. The highest BCUT2D eigenvalue weighted by Gasteiger charge is 2.03. The van der Waals surface area contributed by atoms with Crippen LogP contribution < -0.4 is 5.32 Å². The van der Waals surface area contributed by atoms with Gasteiger partial charge in [-0.1, -0.05) is 30.3 Å². The third-order valence-electron chi connectivity index (χ3n) is 2.80. The van der Waals surface area contributed by atoms with E-state index >= 15 is 0 Å². The second-order valence-electron chi connectivity index (χ2n) is 4.04. The van der Waals surface area contributed by atoms with Crippen LogP contribution in [0.4, 0.5) is 0 Å². The van der Waals surface area contributed by atoms with Crippen LogP contribution in [-0.2, 0) is 6.42 Å². The third kappa shape index (κ3) is 2.97. The van der Waals surface area contributed by atoms with Crippen molar-refractivity contribution in [1.82, 2.24) is 10.3 Å². The van der Waals surface area contributed by atoms with Crippen LogP contribution in [0.3, 0.4) is 0 Å². The van der Waals surface area contributed by atoms with Gasteiger partial charge in [0.1, 0.15) is 0 Å². The van der Waals surface area contributed by atoms with Crippen molar-refractivity contribution in [2.45, 2.75) is 19.4 Å². The molecule has 2 aromatic rings. The summed E-state index contributed by atoms with van der Waals surface area (Å²) >= 11 is 0. The lowest BCUT2D eigenvalue weighted by atomic mass is 10.1. The molecule has 0 aliphatic rings. The molecule has 0 spiro atoms. The Morgan fingerprint density at radius 1 is 1.12 bits per heavy atom. The Morgan fingerprint density at radius 3 is 2.62 bits per heavy atom. The van der Waals surface area contributed by atoms with Crippen LogP contribution in [0.5, 0.6) is 0 Å². The van der Waals surface area contributed by atoms with E-state index in [1.807, 2.05) is 12.3 Å². The van der Waals surface area contributed by atoms with Gasteiger partial charge in [0.15, 0.2) is 0 Å². The van der Waals surface area contributed by atoms with E-state index < -0.39 is 0 Å². The predicted octanol–water partition coefficient (Wildman–Crippen LogP) is 2.91. The molecule has 1 atom stereocenters. The molecule has 2 heteroatoms. The van der Waals surface area contributed by atoms with E-state index in [0.717, 1.165) is 13.0 Å². The zero-order valence-electron chi connectivity index (χ0n) is 9.61. The Labute approximate surface area is 96.7 Å². The Morgan fingerprint density at radius 2 is 1.94 bits per heavy atom. The maximum atomic E-state index is 3.50. The standard InChI is InChI=1S/C14H18N2/c1-12(14-8-5-10-16-14)15-11-9-13-6-3-2-4-7-13/h2-8,10,12,15-16H,9,11H2,1H3. The molecule has 1 aromatic heterocycles. The van der Waals surface area contributed by atoms with Crippen molar-refractivity contribution >= 4 is 0 Å². The van der Waals surface area contributed by atoms with Gasteiger partial charge in [0.05, 0.1) is 0 Å². The lowest BCUT2D eigenvalue weighted by molar-refractivity contribution is 0.566. The fraction of sp³-hybridized carbons (Fsp3) is 0.286. The number of nitrogens with one attached hydrogen (secondary N) is 2. The Balaban J connectivity index is 1.76. The molecule has 2 nitrogen and oxygen atoms in total. The van der Waals surface area contributed by atoms with E-state index in [9.17, 15) is 0 Å². The van der Waals surface area contributed by atoms with E-state index in [1.54, 1.807) is 0 Å². The van der Waals surface area contributed by atoms with Gasteiger partial charge in [-0.05, 0) is 37.6 Å². The Kier molecular flexibility index (Phi) is 3.78. The van der Waals surface area contributed by atoms with Crippen molar-refractivity contribution in [3.63, 3.8) is 0 Å². The minimum Gasteiger partial charge on any atom is -0.364 e. The van der Waals surface area contributed by atoms with Gasteiger partial charge < -0.3 is 10.3 Å². The second kappa shape index (κ2) is 5.52. The van der Waals surface area contributed by atoms with E-state index in [0.29, 0.717) is 6.04 Å². The van der Waals surface area contributed by atoms with E-state index in [4.69, 9.17) is 0 Å². The molecule has 1 heterocycles. The van der Waals surface area contributed by atoms with Crippen molar-refractivity contribution in [3.8, 4) is 0 Å². The molecular formula is C14H18N2. The van der Waals surface area contributed by atoms with Gasteiger partial charge in [-0.15, -0.1) is 0 Å². The minimum atomic E-state index is 0.388. The first kappa shape index (κ1) is 11.0. The number of benzene rings is 1. The Bertz CT molecular complexity index is 392. The SMILES string of the molecule is CC(NCCc1ccccc1)c1ccc[nH]1. The fourth-order valence-electron chi connectivity index (χ4n) is 1.80. The number of rotatable bonds is 5. The van der Waals surface area contributed by atoms with Gasteiger partial charge in [-0.3, -0.25) is 0 Å². The van der Waals surface area contributed by atoms with Gasteiger partial charge in [-0.2, -0.15) is 0 Å². The largest absolute Gasteiger partial charge is 0.364 e. The van der Waals surface area contributed by atoms with Crippen molar-refractivity contribution in [1.29, 1.82) is 0 Å². The molecule has 2 rings (SSSR count). The van der Waals surface area contributed by atoms with Crippen LogP contribution in [0, 0.1) is 0 Å². The summed E-state index contributed by atoms with van der Waals surface area (Å²) in [7, 11) is 0. The topological polar surface area (TPSA) is 27.8 Å². The highest BCUT2D eigenvalue weighted by molar-refractivity contribution is 5.15. The molecular weight excluding hydrogens is 196 g/mol. The van der Waals surface area contributed by atoms with Crippen LogP contribution in [-0.4, -0.2) is 11.5 Å². The summed E-state index contributed by atoms with van der Waals surface area (Å²) in [5.74, 6) is 0. The van der Waals surface area contributed by atoms with Crippen LogP contribution in [0.15, 0.2) is 48.7 Å². The summed E-state index contributed by atoms with van der Waals surface area (Å²) in [4.78, 5) is 3.22. The molecule has 0 saturated carbocycles. The summed E-state index contributed by atoms with van der Waals surface area (Å²) in [5, 5.41) is 3.50. The molecule has 0 fully saturated rings. The zero-order chi connectivity index (χ0) is 11.2. The molecule has 84 valence electrons. The lowest BCUT2D eigenvalue weighted by Crippen LogP contribution is -2.21. The van der Waals surface area contributed by atoms with E-state index in [-0.39, 0.29) is 0 Å². The first-order valence-electron chi connectivity index (χ1n) is 5.77. The second-order valence-corrected chi connectivity index (χ2v) is 4.04. The number of aromatic amines is 1. The molecule has 1 aromatic carbocycles. The average Bonchev–Trinajstić information content (AvgIpc) is 2.84. The van der Waals surface area contributed by atoms with Gasteiger partial charge in [0.25, 0.3) is 0 Å². The maximum Gasteiger partial charge on any atom is 0.0444 e. The molecule has 2 N–H and O–H groups in total. The van der Waals surface area contributed by atoms with Gasteiger partial charge >= 0.3 is 0 Å². The molecule has 0 amide bonds. The maximum absolute atomic E-state index is 3.50. The number of hydrogen-bond acceptors (Lipinski definition) is 1. The first-order valence-corrected chi connectivity index (χ1v) is 5.77. The van der Waals surface area contributed by atoms with E-state index in [1.165, 1.54) is 11.3 Å². The molecule has 0 saturated heterocycles. The highest BCUT2D eigenvalue weighted by atomic mass is 14.9. The quantitative estimate of drug-likeness (QED) is 0.787. The van der Waals surface area contributed by atoms with Crippen molar-refractivity contribution in [2.75, 3.05) is 6.54 Å². The van der Waals surface area contributed by atoms with Crippen LogP contribution in [0.25, 0.3) is 0 Å². The van der Waals surface area contributed by atoms with Crippen molar-refractivity contribution < 1.29 is 0 Å². The summed E-state index contributed by atoms with van der Waals surface area (Å²) in [5.41, 5.74) is 2.63. The average molecular weight is 214 g/mol. The Hall–Kier alpha value is -1.54. The third-order valence-corrected chi connectivity index (χ3v) is 2.80. The summed E-state index contributed by atoms with van der Waals surface area (Å²) in [6.07, 6.45) is 3.04. The van der Waals surface area contributed by atoms with Crippen LogP contribution >= 0.6 is 0 Å². The first-order chi connectivity index (χ1) is 7.86. The summed E-state index contributed by atoms with van der Waals surface area (Å²) in [6.45, 7) is 3.18. The van der Waals surface area contributed by atoms with Crippen molar-refractivity contribution in [3.05, 3.63) is 59.9 Å². The smallest absolute Gasteiger partial charge is 0.0444 e. The fourth-order valence-corrected chi connectivity index (χ4v) is 1.80. The molecule has 0 aliphatic heterocycles. The number of aromatic nitrogens is 1. The number of hydrogen-bond donors (Lipinski definition) is 2. The van der Waals surface area contributed by atoms with Gasteiger partial charge in [0.2, 0.25) is 0 Å². The van der Waals surface area contributed by atoms with Crippen LogP contribution in [0.2, 0.25) is 0 Å². The minimum absolute atomic E-state index is 0.388. The monoisotopic (exact) mass is 214 g/mol. The van der Waals surface area contributed by atoms with Crippen LogP contribution in [0.1, 0.15) is 24.2 Å². The summed E-state index contributed by atoms with van der Waals surface area (Å²) in [6, 6.07) is 15.1. The van der Waals surface area contributed by atoms with Crippen molar-refractivity contribution in [2.24, 2.45) is 0 Å². The van der Waals surface area contributed by atoms with Gasteiger partial charge in [0, 0.05) is 17.9 Å². The molecule has 16 heavy (non-hydrogen) atoms. The number of H-pyrrole nitrogens is 1. The highest BCUT2D eigenvalue weighted by Crippen LogP contribution is 2.08. The molecule has 0 bridgehead atoms. The van der Waals surface area contributed by atoms with Gasteiger partial charge in [-0.25, -0.2) is 0 Å². The molecule has 1 unspecified atom stereocenters. The van der Waals surface area contributed by atoms with E-state index in [2.05, 4.69) is 53.6 Å². The zero-order valence-corrected chi connectivity index (χ0v) is 9.61. The molecule has 0 aliphatic carbocycles. The predicted molar refractivity (Wildman–Crippen MR) is 67.4 cm³/mol. The summed E-state index contributed by atoms with van der Waals surface area (Å²) < 4.78 is 0.